The van der Waals surface area contributed by atoms with Gasteiger partial charge in [0.1, 0.15) is 11.5 Å². The fraction of sp³-hybridized carbons (Fsp3) is 0.316. The Morgan fingerprint density at radius 2 is 1.83 bits per heavy atom. The smallest absolute Gasteiger partial charge is 0.254 e. The minimum absolute atomic E-state index is 0.00311. The highest BCUT2D eigenvalue weighted by Crippen LogP contribution is 2.26. The Balaban J connectivity index is 1.86. The molecule has 0 spiro atoms. The highest BCUT2D eigenvalue weighted by atomic mass is 16.5. The largest absolute Gasteiger partial charge is 0.497 e. The molecule has 5 heteroatoms. The number of hydrogen-bond acceptors (Lipinski definition) is 4. The lowest BCUT2D eigenvalue weighted by Crippen LogP contribution is -2.48. The molecule has 0 aromatic heterocycles. The highest BCUT2D eigenvalue weighted by molar-refractivity contribution is 5.95. The highest BCUT2D eigenvalue weighted by Gasteiger charge is 2.28. The number of piperazine rings is 1. The average molecular weight is 326 g/mol. The van der Waals surface area contributed by atoms with Crippen molar-refractivity contribution in [3.8, 4) is 11.5 Å². The van der Waals surface area contributed by atoms with Gasteiger partial charge in [-0.05, 0) is 35.9 Å². The number of amides is 1. The molecule has 2 aromatic rings. The van der Waals surface area contributed by atoms with Crippen molar-refractivity contribution in [1.29, 1.82) is 0 Å². The summed E-state index contributed by atoms with van der Waals surface area (Å²) in [6.45, 7) is 2.21. The maximum atomic E-state index is 13.0. The third-order valence-electron chi connectivity index (χ3n) is 4.32. The molecule has 1 amide bonds. The summed E-state index contributed by atoms with van der Waals surface area (Å²) in [5, 5.41) is 3.37. The van der Waals surface area contributed by atoms with Gasteiger partial charge in [0, 0.05) is 25.2 Å². The first-order chi connectivity index (χ1) is 11.7. The van der Waals surface area contributed by atoms with E-state index in [2.05, 4.69) is 5.32 Å². The molecule has 1 aliphatic heterocycles. The van der Waals surface area contributed by atoms with E-state index in [1.165, 1.54) is 0 Å². The summed E-state index contributed by atoms with van der Waals surface area (Å²) in [7, 11) is 3.25. The van der Waals surface area contributed by atoms with E-state index in [0.29, 0.717) is 17.9 Å². The van der Waals surface area contributed by atoms with Gasteiger partial charge in [0.2, 0.25) is 0 Å². The standard InChI is InChI=1S/C19H22N2O3/c1-23-16-8-6-14(7-9-16)18-13-20-10-11-21(18)19(22)15-4-3-5-17(12-15)24-2/h3-9,12,18,20H,10-11,13H2,1-2H3/t18-/m0/s1. The number of ether oxygens (including phenoxy) is 2. The SMILES string of the molecule is COc1ccc([C@@H]2CNCCN2C(=O)c2cccc(OC)c2)cc1. The van der Waals surface area contributed by atoms with Crippen LogP contribution in [0.4, 0.5) is 0 Å². The van der Waals surface area contributed by atoms with Crippen LogP contribution in [0.15, 0.2) is 48.5 Å². The molecule has 0 radical (unpaired) electrons. The van der Waals surface area contributed by atoms with Gasteiger partial charge in [-0.2, -0.15) is 0 Å². The summed E-state index contributed by atoms with van der Waals surface area (Å²) in [6, 6.07) is 15.2. The van der Waals surface area contributed by atoms with Crippen LogP contribution in [-0.2, 0) is 0 Å². The Bertz CT molecular complexity index is 700. The summed E-state index contributed by atoms with van der Waals surface area (Å²) in [5.74, 6) is 1.53. The number of rotatable bonds is 4. The maximum Gasteiger partial charge on any atom is 0.254 e. The minimum Gasteiger partial charge on any atom is -0.497 e. The van der Waals surface area contributed by atoms with E-state index in [-0.39, 0.29) is 11.9 Å². The quantitative estimate of drug-likeness (QED) is 0.938. The zero-order valence-corrected chi connectivity index (χ0v) is 14.0. The molecular formula is C19H22N2O3. The van der Waals surface area contributed by atoms with Crippen LogP contribution in [-0.4, -0.2) is 44.7 Å². The molecule has 1 N–H and O–H groups in total. The number of hydrogen-bond donors (Lipinski definition) is 1. The average Bonchev–Trinajstić information content (AvgIpc) is 2.67. The molecule has 1 saturated heterocycles. The van der Waals surface area contributed by atoms with E-state index in [4.69, 9.17) is 9.47 Å². The van der Waals surface area contributed by atoms with Crippen molar-refractivity contribution in [2.45, 2.75) is 6.04 Å². The van der Waals surface area contributed by atoms with Gasteiger partial charge in [-0.15, -0.1) is 0 Å². The molecule has 0 saturated carbocycles. The Morgan fingerprint density at radius 1 is 1.08 bits per heavy atom. The molecule has 0 aliphatic carbocycles. The first-order valence-electron chi connectivity index (χ1n) is 8.02. The van der Waals surface area contributed by atoms with Gasteiger partial charge in [0.05, 0.1) is 20.3 Å². The van der Waals surface area contributed by atoms with Crippen molar-refractivity contribution < 1.29 is 14.3 Å². The molecule has 5 nitrogen and oxygen atoms in total. The monoisotopic (exact) mass is 326 g/mol. The zero-order valence-electron chi connectivity index (χ0n) is 14.0. The van der Waals surface area contributed by atoms with Crippen molar-refractivity contribution in [2.75, 3.05) is 33.9 Å². The molecule has 0 bridgehead atoms. The third kappa shape index (κ3) is 3.36. The molecule has 1 aliphatic rings. The van der Waals surface area contributed by atoms with Gasteiger partial charge in [0.15, 0.2) is 0 Å². The Kier molecular flexibility index (Phi) is 5.01. The lowest BCUT2D eigenvalue weighted by molar-refractivity contribution is 0.0634. The maximum absolute atomic E-state index is 13.0. The van der Waals surface area contributed by atoms with E-state index in [1.54, 1.807) is 20.3 Å². The normalized spacial score (nSPS) is 17.4. The molecule has 1 fully saturated rings. The van der Waals surface area contributed by atoms with Gasteiger partial charge in [0.25, 0.3) is 5.91 Å². The van der Waals surface area contributed by atoms with E-state index in [9.17, 15) is 4.79 Å². The molecule has 1 atom stereocenters. The van der Waals surface area contributed by atoms with Crippen molar-refractivity contribution in [1.82, 2.24) is 10.2 Å². The van der Waals surface area contributed by atoms with Gasteiger partial charge in [-0.25, -0.2) is 0 Å². The second-order valence-electron chi connectivity index (χ2n) is 5.72. The zero-order chi connectivity index (χ0) is 16.9. The summed E-state index contributed by atoms with van der Waals surface area (Å²) in [5.41, 5.74) is 1.74. The molecular weight excluding hydrogens is 304 g/mol. The Labute approximate surface area is 142 Å². The van der Waals surface area contributed by atoms with Crippen LogP contribution < -0.4 is 14.8 Å². The minimum atomic E-state index is 0.00311. The van der Waals surface area contributed by atoms with Crippen molar-refractivity contribution in [3.63, 3.8) is 0 Å². The molecule has 0 unspecified atom stereocenters. The second kappa shape index (κ2) is 7.36. The van der Waals surface area contributed by atoms with E-state index in [1.807, 2.05) is 47.4 Å². The predicted octanol–water partition coefficient (Wildman–Crippen LogP) is 2.49. The van der Waals surface area contributed by atoms with E-state index in [0.717, 1.165) is 24.4 Å². The van der Waals surface area contributed by atoms with Crippen molar-refractivity contribution >= 4 is 5.91 Å². The number of nitrogens with one attached hydrogen (secondary N) is 1. The number of carbonyl (C=O) groups is 1. The third-order valence-corrected chi connectivity index (χ3v) is 4.32. The first-order valence-corrected chi connectivity index (χ1v) is 8.02. The Hall–Kier alpha value is -2.53. The van der Waals surface area contributed by atoms with Crippen LogP contribution in [0.2, 0.25) is 0 Å². The van der Waals surface area contributed by atoms with Crippen LogP contribution in [0.5, 0.6) is 11.5 Å². The van der Waals surface area contributed by atoms with Crippen LogP contribution >= 0.6 is 0 Å². The number of benzene rings is 2. The Morgan fingerprint density at radius 3 is 2.54 bits per heavy atom. The topological polar surface area (TPSA) is 50.8 Å². The van der Waals surface area contributed by atoms with Crippen LogP contribution in [0.3, 0.4) is 0 Å². The molecule has 3 rings (SSSR count). The van der Waals surface area contributed by atoms with Gasteiger partial charge < -0.3 is 19.7 Å². The fourth-order valence-electron chi connectivity index (χ4n) is 2.99. The predicted molar refractivity (Wildman–Crippen MR) is 92.6 cm³/mol. The second-order valence-corrected chi connectivity index (χ2v) is 5.72. The van der Waals surface area contributed by atoms with Crippen molar-refractivity contribution in [2.24, 2.45) is 0 Å². The fourth-order valence-corrected chi connectivity index (χ4v) is 2.99. The number of methoxy groups -OCH3 is 2. The number of nitrogens with zero attached hydrogens (tertiary/aromatic N) is 1. The van der Waals surface area contributed by atoms with Gasteiger partial charge in [-0.3, -0.25) is 4.79 Å². The molecule has 24 heavy (non-hydrogen) atoms. The lowest BCUT2D eigenvalue weighted by atomic mass is 10.0. The van der Waals surface area contributed by atoms with E-state index < -0.39 is 0 Å². The van der Waals surface area contributed by atoms with Gasteiger partial charge in [-0.1, -0.05) is 18.2 Å². The van der Waals surface area contributed by atoms with Crippen molar-refractivity contribution in [3.05, 3.63) is 59.7 Å². The molecule has 2 aromatic carbocycles. The first kappa shape index (κ1) is 16.3. The summed E-state index contributed by atoms with van der Waals surface area (Å²) >= 11 is 0. The van der Waals surface area contributed by atoms with Crippen LogP contribution in [0, 0.1) is 0 Å². The van der Waals surface area contributed by atoms with Gasteiger partial charge >= 0.3 is 0 Å². The lowest BCUT2D eigenvalue weighted by Gasteiger charge is -2.36. The summed E-state index contributed by atoms with van der Waals surface area (Å²) < 4.78 is 10.4. The summed E-state index contributed by atoms with van der Waals surface area (Å²) in [4.78, 5) is 14.9. The summed E-state index contributed by atoms with van der Waals surface area (Å²) in [6.07, 6.45) is 0. The van der Waals surface area contributed by atoms with Crippen LogP contribution in [0.1, 0.15) is 22.0 Å². The number of carbonyl (C=O) groups excluding carboxylic acids is 1. The van der Waals surface area contributed by atoms with E-state index >= 15 is 0 Å². The van der Waals surface area contributed by atoms with Crippen LogP contribution in [0.25, 0.3) is 0 Å². The molecule has 126 valence electrons. The molecule has 1 heterocycles.